The SMILES string of the molecule is COc1cc(OC)c(NC(=O)N2CCC(CN3C[C@@H](C)O[C@H](C)C3)CC2)cc1Cl. The predicted octanol–water partition coefficient (Wildman–Crippen LogP) is 3.71. The molecule has 2 aliphatic heterocycles. The largest absolute Gasteiger partial charge is 0.495 e. The highest BCUT2D eigenvalue weighted by Crippen LogP contribution is 2.36. The lowest BCUT2D eigenvalue weighted by Gasteiger charge is -2.39. The lowest BCUT2D eigenvalue weighted by molar-refractivity contribution is -0.0728. The molecule has 1 aromatic rings. The lowest BCUT2D eigenvalue weighted by Crippen LogP contribution is -2.49. The lowest BCUT2D eigenvalue weighted by atomic mass is 9.96. The van der Waals surface area contributed by atoms with Crippen molar-refractivity contribution >= 4 is 23.3 Å². The smallest absolute Gasteiger partial charge is 0.321 e. The number of hydrogen-bond donors (Lipinski definition) is 1. The van der Waals surface area contributed by atoms with Crippen molar-refractivity contribution in [3.63, 3.8) is 0 Å². The number of morpholine rings is 1. The number of hydrogen-bond acceptors (Lipinski definition) is 5. The van der Waals surface area contributed by atoms with Crippen LogP contribution in [-0.4, -0.2) is 75.0 Å². The number of methoxy groups -OCH3 is 2. The van der Waals surface area contributed by atoms with Crippen LogP contribution >= 0.6 is 11.6 Å². The van der Waals surface area contributed by atoms with Crippen LogP contribution in [0.1, 0.15) is 26.7 Å². The molecule has 29 heavy (non-hydrogen) atoms. The Bertz CT molecular complexity index is 699. The van der Waals surface area contributed by atoms with E-state index >= 15 is 0 Å². The molecular formula is C21H32ClN3O4. The molecule has 2 amide bonds. The summed E-state index contributed by atoms with van der Waals surface area (Å²) in [5.74, 6) is 1.64. The van der Waals surface area contributed by atoms with Gasteiger partial charge in [-0.05, 0) is 38.7 Å². The third-order valence-electron chi connectivity index (χ3n) is 5.63. The number of halogens is 1. The van der Waals surface area contributed by atoms with E-state index in [1.54, 1.807) is 26.4 Å². The molecule has 8 heteroatoms. The van der Waals surface area contributed by atoms with Gasteiger partial charge in [0.2, 0.25) is 0 Å². The highest BCUT2D eigenvalue weighted by Gasteiger charge is 2.28. The van der Waals surface area contributed by atoms with Crippen LogP contribution in [0.3, 0.4) is 0 Å². The fourth-order valence-corrected chi connectivity index (χ4v) is 4.51. The van der Waals surface area contributed by atoms with Crippen LogP contribution in [0, 0.1) is 5.92 Å². The van der Waals surface area contributed by atoms with Gasteiger partial charge in [-0.15, -0.1) is 0 Å². The van der Waals surface area contributed by atoms with Crippen molar-refractivity contribution in [3.8, 4) is 11.5 Å². The molecule has 2 atom stereocenters. The molecule has 0 aliphatic carbocycles. The van der Waals surface area contributed by atoms with E-state index in [-0.39, 0.29) is 18.2 Å². The number of rotatable bonds is 5. The molecule has 162 valence electrons. The molecule has 0 saturated carbocycles. The van der Waals surface area contributed by atoms with Crippen molar-refractivity contribution in [3.05, 3.63) is 17.2 Å². The molecule has 7 nitrogen and oxygen atoms in total. The van der Waals surface area contributed by atoms with Gasteiger partial charge in [0, 0.05) is 38.8 Å². The van der Waals surface area contributed by atoms with Gasteiger partial charge in [0.1, 0.15) is 11.5 Å². The third-order valence-corrected chi connectivity index (χ3v) is 5.92. The zero-order chi connectivity index (χ0) is 21.0. The fraction of sp³-hybridized carbons (Fsp3) is 0.667. The summed E-state index contributed by atoms with van der Waals surface area (Å²) in [6, 6.07) is 3.20. The van der Waals surface area contributed by atoms with Gasteiger partial charge in [-0.1, -0.05) is 11.6 Å². The Labute approximate surface area is 178 Å². The molecule has 2 aliphatic rings. The van der Waals surface area contributed by atoms with Crippen molar-refractivity contribution in [2.24, 2.45) is 5.92 Å². The molecule has 3 rings (SSSR count). The van der Waals surface area contributed by atoms with Gasteiger partial charge in [0.05, 0.1) is 37.1 Å². The number of nitrogens with zero attached hydrogens (tertiary/aromatic N) is 2. The Hall–Kier alpha value is -1.70. The van der Waals surface area contributed by atoms with E-state index in [1.807, 2.05) is 4.90 Å². The minimum atomic E-state index is -0.128. The highest BCUT2D eigenvalue weighted by atomic mass is 35.5. The number of nitrogens with one attached hydrogen (secondary N) is 1. The van der Waals surface area contributed by atoms with E-state index in [0.29, 0.717) is 28.1 Å². The number of benzene rings is 1. The maximum atomic E-state index is 12.7. The monoisotopic (exact) mass is 425 g/mol. The maximum absolute atomic E-state index is 12.7. The Kier molecular flexibility index (Phi) is 7.49. The Balaban J connectivity index is 1.52. The molecule has 0 bridgehead atoms. The molecule has 0 radical (unpaired) electrons. The summed E-state index contributed by atoms with van der Waals surface area (Å²) >= 11 is 6.20. The summed E-state index contributed by atoms with van der Waals surface area (Å²) in [5, 5.41) is 3.35. The van der Waals surface area contributed by atoms with Gasteiger partial charge in [-0.2, -0.15) is 0 Å². The second-order valence-corrected chi connectivity index (χ2v) is 8.43. The van der Waals surface area contributed by atoms with Gasteiger partial charge in [0.25, 0.3) is 0 Å². The van der Waals surface area contributed by atoms with Crippen LogP contribution in [0.15, 0.2) is 12.1 Å². The van der Waals surface area contributed by atoms with E-state index < -0.39 is 0 Å². The predicted molar refractivity (Wildman–Crippen MR) is 114 cm³/mol. The number of anilines is 1. The van der Waals surface area contributed by atoms with Crippen LogP contribution in [0.4, 0.5) is 10.5 Å². The number of piperidine rings is 1. The number of likely N-dealkylation sites (tertiary alicyclic amines) is 1. The van der Waals surface area contributed by atoms with Crippen LogP contribution in [0.5, 0.6) is 11.5 Å². The van der Waals surface area contributed by atoms with E-state index in [4.69, 9.17) is 25.8 Å². The molecular weight excluding hydrogens is 394 g/mol. The first-order chi connectivity index (χ1) is 13.9. The average molecular weight is 426 g/mol. The van der Waals surface area contributed by atoms with Crippen molar-refractivity contribution in [1.29, 1.82) is 0 Å². The minimum Gasteiger partial charge on any atom is -0.495 e. The summed E-state index contributed by atoms with van der Waals surface area (Å²) in [6.07, 6.45) is 2.59. The highest BCUT2D eigenvalue weighted by molar-refractivity contribution is 6.32. The topological polar surface area (TPSA) is 63.3 Å². The maximum Gasteiger partial charge on any atom is 0.321 e. The number of ether oxygens (including phenoxy) is 3. The molecule has 1 aromatic carbocycles. The Morgan fingerprint density at radius 2 is 1.76 bits per heavy atom. The molecule has 0 aromatic heterocycles. The summed E-state index contributed by atoms with van der Waals surface area (Å²) in [6.45, 7) is 8.82. The van der Waals surface area contributed by atoms with Crippen molar-refractivity contribution in [2.45, 2.75) is 38.9 Å². The summed E-state index contributed by atoms with van der Waals surface area (Å²) in [5.41, 5.74) is 0.543. The normalized spacial score (nSPS) is 23.7. The van der Waals surface area contributed by atoms with E-state index in [2.05, 4.69) is 24.1 Å². The number of carbonyl (C=O) groups excluding carboxylic acids is 1. The van der Waals surface area contributed by atoms with Gasteiger partial charge in [0.15, 0.2) is 0 Å². The minimum absolute atomic E-state index is 0.128. The number of urea groups is 1. The van der Waals surface area contributed by atoms with Crippen LogP contribution in [-0.2, 0) is 4.74 Å². The summed E-state index contributed by atoms with van der Waals surface area (Å²) in [4.78, 5) is 17.1. The van der Waals surface area contributed by atoms with Crippen molar-refractivity contribution in [1.82, 2.24) is 9.80 Å². The average Bonchev–Trinajstić information content (AvgIpc) is 2.68. The second kappa shape index (κ2) is 9.87. The molecule has 2 saturated heterocycles. The van der Waals surface area contributed by atoms with Gasteiger partial charge in [-0.3, -0.25) is 4.90 Å². The van der Waals surface area contributed by atoms with Gasteiger partial charge < -0.3 is 24.4 Å². The van der Waals surface area contributed by atoms with E-state index in [1.165, 1.54) is 0 Å². The molecule has 2 fully saturated rings. The first-order valence-corrected chi connectivity index (χ1v) is 10.6. The number of amides is 2. The zero-order valence-corrected chi connectivity index (χ0v) is 18.5. The standard InChI is InChI=1S/C21H32ClN3O4/c1-14-11-24(12-15(2)29-14)13-16-5-7-25(8-6-16)21(26)23-18-9-17(22)19(27-3)10-20(18)28-4/h9-10,14-16H,5-8,11-13H2,1-4H3,(H,23,26)/t14-,15-/m1/s1. The summed E-state index contributed by atoms with van der Waals surface area (Å²) in [7, 11) is 3.10. The first kappa shape index (κ1) is 22.0. The zero-order valence-electron chi connectivity index (χ0n) is 17.7. The molecule has 2 heterocycles. The number of carbonyl (C=O) groups is 1. The third kappa shape index (κ3) is 5.68. The quantitative estimate of drug-likeness (QED) is 0.779. The Morgan fingerprint density at radius 3 is 2.34 bits per heavy atom. The van der Waals surface area contributed by atoms with Crippen LogP contribution < -0.4 is 14.8 Å². The van der Waals surface area contributed by atoms with Crippen LogP contribution in [0.2, 0.25) is 5.02 Å². The summed E-state index contributed by atoms with van der Waals surface area (Å²) < 4.78 is 16.4. The van der Waals surface area contributed by atoms with E-state index in [9.17, 15) is 4.79 Å². The molecule has 0 spiro atoms. The molecule has 1 N–H and O–H groups in total. The second-order valence-electron chi connectivity index (χ2n) is 8.02. The van der Waals surface area contributed by atoms with Gasteiger partial charge in [-0.25, -0.2) is 4.79 Å². The fourth-order valence-electron chi connectivity index (χ4n) is 4.27. The first-order valence-electron chi connectivity index (χ1n) is 10.2. The van der Waals surface area contributed by atoms with Crippen molar-refractivity contribution < 1.29 is 19.0 Å². The van der Waals surface area contributed by atoms with Crippen LogP contribution in [0.25, 0.3) is 0 Å². The van der Waals surface area contributed by atoms with E-state index in [0.717, 1.165) is 45.6 Å². The molecule has 0 unspecified atom stereocenters. The van der Waals surface area contributed by atoms with Gasteiger partial charge >= 0.3 is 6.03 Å². The van der Waals surface area contributed by atoms with Crippen molar-refractivity contribution in [2.75, 3.05) is 52.3 Å². The Morgan fingerprint density at radius 1 is 1.14 bits per heavy atom.